The molecule has 0 bridgehead atoms. The molecule has 0 unspecified atom stereocenters. The first-order valence-corrected chi connectivity index (χ1v) is 6.46. The number of ether oxygens (including phenoxy) is 1. The number of methoxy groups -OCH3 is 1. The number of esters is 1. The Bertz CT molecular complexity index is 431. The van der Waals surface area contributed by atoms with Crippen LogP contribution in [0.3, 0.4) is 0 Å². The average Bonchev–Trinajstić information content (AvgIpc) is 2.83. The first-order valence-electron chi connectivity index (χ1n) is 5.69. The SMILES string of the molecule is CCN(CC(=O)OC)C(=O)c1snnc1C(C)C. The second-order valence-corrected chi connectivity index (χ2v) is 4.79. The molecule has 0 aliphatic heterocycles. The van der Waals surface area contributed by atoms with Crippen molar-refractivity contribution in [1.82, 2.24) is 14.5 Å². The summed E-state index contributed by atoms with van der Waals surface area (Å²) in [6.45, 7) is 6.09. The fraction of sp³-hybridized carbons (Fsp3) is 0.636. The second kappa shape index (κ2) is 6.44. The molecule has 0 aliphatic carbocycles. The van der Waals surface area contributed by atoms with Gasteiger partial charge in [-0.25, -0.2) is 0 Å². The zero-order valence-corrected chi connectivity index (χ0v) is 11.8. The van der Waals surface area contributed by atoms with E-state index < -0.39 is 5.97 Å². The molecular formula is C11H17N3O3S. The minimum atomic E-state index is -0.436. The molecule has 0 saturated heterocycles. The summed E-state index contributed by atoms with van der Waals surface area (Å²) < 4.78 is 8.38. The largest absolute Gasteiger partial charge is 0.468 e. The summed E-state index contributed by atoms with van der Waals surface area (Å²) in [6, 6.07) is 0. The van der Waals surface area contributed by atoms with Gasteiger partial charge in [-0.15, -0.1) is 5.10 Å². The van der Waals surface area contributed by atoms with Gasteiger partial charge in [-0.1, -0.05) is 18.3 Å². The van der Waals surface area contributed by atoms with Gasteiger partial charge in [-0.2, -0.15) is 0 Å². The molecule has 1 aromatic heterocycles. The molecule has 0 fully saturated rings. The lowest BCUT2D eigenvalue weighted by Gasteiger charge is -2.19. The Balaban J connectivity index is 2.89. The van der Waals surface area contributed by atoms with Gasteiger partial charge in [-0.3, -0.25) is 9.59 Å². The molecule has 0 radical (unpaired) electrons. The van der Waals surface area contributed by atoms with Crippen molar-refractivity contribution >= 4 is 23.4 Å². The molecule has 0 aliphatic rings. The predicted octanol–water partition coefficient (Wildman–Crippen LogP) is 1.30. The quantitative estimate of drug-likeness (QED) is 0.755. The first kappa shape index (κ1) is 14.6. The Kier molecular flexibility index (Phi) is 5.21. The van der Waals surface area contributed by atoms with E-state index in [0.717, 1.165) is 11.5 Å². The van der Waals surface area contributed by atoms with Gasteiger partial charge in [-0.05, 0) is 24.4 Å². The van der Waals surface area contributed by atoms with Gasteiger partial charge < -0.3 is 9.64 Å². The van der Waals surface area contributed by atoms with E-state index in [9.17, 15) is 9.59 Å². The van der Waals surface area contributed by atoms with Crippen molar-refractivity contribution in [2.24, 2.45) is 0 Å². The number of nitrogens with zero attached hydrogens (tertiary/aromatic N) is 3. The maximum Gasteiger partial charge on any atom is 0.325 e. The summed E-state index contributed by atoms with van der Waals surface area (Å²) in [5, 5.41) is 3.96. The lowest BCUT2D eigenvalue weighted by atomic mass is 10.1. The average molecular weight is 271 g/mol. The highest BCUT2D eigenvalue weighted by Crippen LogP contribution is 2.21. The number of amides is 1. The van der Waals surface area contributed by atoms with Crippen LogP contribution in [0.5, 0.6) is 0 Å². The summed E-state index contributed by atoms with van der Waals surface area (Å²) in [6.07, 6.45) is 0. The Labute approximate surface area is 110 Å². The molecule has 0 aromatic carbocycles. The number of carbonyl (C=O) groups is 2. The lowest BCUT2D eigenvalue weighted by Crippen LogP contribution is -2.36. The van der Waals surface area contributed by atoms with Crippen LogP contribution in [0.25, 0.3) is 0 Å². The Morgan fingerprint density at radius 1 is 1.44 bits per heavy atom. The fourth-order valence-electron chi connectivity index (χ4n) is 1.41. The molecule has 1 amide bonds. The van der Waals surface area contributed by atoms with Gasteiger partial charge >= 0.3 is 5.97 Å². The van der Waals surface area contributed by atoms with Gasteiger partial charge in [0.1, 0.15) is 11.4 Å². The van der Waals surface area contributed by atoms with Crippen molar-refractivity contribution < 1.29 is 14.3 Å². The molecule has 1 heterocycles. The van der Waals surface area contributed by atoms with E-state index in [2.05, 4.69) is 14.3 Å². The van der Waals surface area contributed by atoms with E-state index in [-0.39, 0.29) is 18.4 Å². The zero-order valence-electron chi connectivity index (χ0n) is 11.0. The molecular weight excluding hydrogens is 254 g/mol. The first-order chi connectivity index (χ1) is 8.51. The van der Waals surface area contributed by atoms with E-state index in [4.69, 9.17) is 0 Å². The van der Waals surface area contributed by atoms with Crippen LogP contribution in [0.2, 0.25) is 0 Å². The van der Waals surface area contributed by atoms with Crippen LogP contribution < -0.4 is 0 Å². The molecule has 0 spiro atoms. The zero-order chi connectivity index (χ0) is 13.7. The van der Waals surface area contributed by atoms with Crippen LogP contribution in [0.1, 0.15) is 42.1 Å². The van der Waals surface area contributed by atoms with Crippen LogP contribution in [0.4, 0.5) is 0 Å². The summed E-state index contributed by atoms with van der Waals surface area (Å²) in [5.74, 6) is -0.532. The topological polar surface area (TPSA) is 72.4 Å². The molecule has 1 aromatic rings. The number of aromatic nitrogens is 2. The maximum absolute atomic E-state index is 12.3. The van der Waals surface area contributed by atoms with Crippen molar-refractivity contribution in [2.75, 3.05) is 20.2 Å². The van der Waals surface area contributed by atoms with Gasteiger partial charge in [0.05, 0.1) is 12.8 Å². The molecule has 7 heteroatoms. The molecule has 18 heavy (non-hydrogen) atoms. The van der Waals surface area contributed by atoms with Crippen molar-refractivity contribution in [3.05, 3.63) is 10.6 Å². The van der Waals surface area contributed by atoms with Crippen LogP contribution >= 0.6 is 11.5 Å². The third kappa shape index (κ3) is 3.25. The molecule has 100 valence electrons. The Morgan fingerprint density at radius 2 is 2.11 bits per heavy atom. The smallest absolute Gasteiger partial charge is 0.325 e. The van der Waals surface area contributed by atoms with Crippen molar-refractivity contribution in [2.45, 2.75) is 26.7 Å². The highest BCUT2D eigenvalue weighted by atomic mass is 32.1. The van der Waals surface area contributed by atoms with Crippen molar-refractivity contribution in [3.63, 3.8) is 0 Å². The molecule has 0 atom stereocenters. The summed E-state index contributed by atoms with van der Waals surface area (Å²) in [4.78, 5) is 25.4. The lowest BCUT2D eigenvalue weighted by molar-refractivity contribution is -0.141. The fourth-order valence-corrected chi connectivity index (χ4v) is 2.20. The number of rotatable bonds is 5. The van der Waals surface area contributed by atoms with Crippen LogP contribution in [-0.2, 0) is 9.53 Å². The summed E-state index contributed by atoms with van der Waals surface area (Å²) in [5.41, 5.74) is 0.674. The summed E-state index contributed by atoms with van der Waals surface area (Å²) in [7, 11) is 1.30. The molecule has 1 rings (SSSR count). The minimum absolute atomic E-state index is 0.0543. The van der Waals surface area contributed by atoms with E-state index in [1.807, 2.05) is 20.8 Å². The molecule has 0 N–H and O–H groups in total. The number of hydrogen-bond donors (Lipinski definition) is 0. The van der Waals surface area contributed by atoms with Crippen molar-refractivity contribution in [1.29, 1.82) is 0 Å². The highest BCUT2D eigenvalue weighted by Gasteiger charge is 2.24. The normalized spacial score (nSPS) is 10.5. The Morgan fingerprint density at radius 3 is 2.61 bits per heavy atom. The van der Waals surface area contributed by atoms with Crippen LogP contribution in [-0.4, -0.2) is 46.6 Å². The molecule has 6 nitrogen and oxygen atoms in total. The van der Waals surface area contributed by atoms with E-state index >= 15 is 0 Å². The van der Waals surface area contributed by atoms with E-state index in [1.165, 1.54) is 12.0 Å². The number of carbonyl (C=O) groups excluding carboxylic acids is 2. The van der Waals surface area contributed by atoms with Crippen LogP contribution in [0, 0.1) is 0 Å². The van der Waals surface area contributed by atoms with Gasteiger partial charge in [0.2, 0.25) is 0 Å². The monoisotopic (exact) mass is 271 g/mol. The third-order valence-corrected chi connectivity index (χ3v) is 3.20. The van der Waals surface area contributed by atoms with E-state index in [1.54, 1.807) is 0 Å². The van der Waals surface area contributed by atoms with Gasteiger partial charge in [0.25, 0.3) is 5.91 Å². The standard InChI is InChI=1S/C11H17N3O3S/c1-5-14(6-8(15)17-4)11(16)10-9(7(2)3)12-13-18-10/h7H,5-6H2,1-4H3. The maximum atomic E-state index is 12.3. The molecule has 0 saturated carbocycles. The Hall–Kier alpha value is -1.50. The number of hydrogen-bond acceptors (Lipinski definition) is 6. The number of likely N-dealkylation sites (N-methyl/N-ethyl adjacent to an activating group) is 1. The summed E-state index contributed by atoms with van der Waals surface area (Å²) >= 11 is 1.06. The highest BCUT2D eigenvalue weighted by molar-refractivity contribution is 7.08. The van der Waals surface area contributed by atoms with E-state index in [0.29, 0.717) is 17.1 Å². The van der Waals surface area contributed by atoms with Gasteiger partial charge in [0, 0.05) is 6.54 Å². The van der Waals surface area contributed by atoms with Crippen molar-refractivity contribution in [3.8, 4) is 0 Å². The second-order valence-electron chi connectivity index (χ2n) is 4.04. The third-order valence-electron chi connectivity index (χ3n) is 2.47. The minimum Gasteiger partial charge on any atom is -0.468 e. The van der Waals surface area contributed by atoms with Gasteiger partial charge in [0.15, 0.2) is 0 Å². The van der Waals surface area contributed by atoms with Crippen LogP contribution in [0.15, 0.2) is 0 Å². The predicted molar refractivity (Wildman–Crippen MR) is 67.6 cm³/mol.